The average molecular weight is 396 g/mol. The van der Waals surface area contributed by atoms with E-state index in [2.05, 4.69) is 9.72 Å². The van der Waals surface area contributed by atoms with E-state index in [0.717, 1.165) is 0 Å². The Labute approximate surface area is 159 Å². The van der Waals surface area contributed by atoms with Crippen LogP contribution >= 0.6 is 11.6 Å². The second kappa shape index (κ2) is 8.30. The van der Waals surface area contributed by atoms with Gasteiger partial charge in [-0.15, -0.1) is 0 Å². The largest absolute Gasteiger partial charge is 0.434 e. The van der Waals surface area contributed by atoms with Crippen LogP contribution in [0.15, 0.2) is 42.6 Å². The number of benzene rings is 1. The molecule has 0 unspecified atom stereocenters. The number of rotatable bonds is 4. The van der Waals surface area contributed by atoms with Gasteiger partial charge in [-0.05, 0) is 24.3 Å². The fourth-order valence-corrected chi connectivity index (χ4v) is 3.02. The number of piperazine rings is 1. The van der Waals surface area contributed by atoms with Gasteiger partial charge in [0, 0.05) is 37.9 Å². The first-order chi connectivity index (χ1) is 13.0. The van der Waals surface area contributed by atoms with E-state index in [1.165, 1.54) is 35.4 Å². The fraction of sp³-hybridized carbons (Fsp3) is 0.278. The molecule has 0 atom stereocenters. The highest BCUT2D eigenvalue weighted by atomic mass is 35.5. The van der Waals surface area contributed by atoms with Gasteiger partial charge >= 0.3 is 6.61 Å². The molecule has 2 amide bonds. The summed E-state index contributed by atoms with van der Waals surface area (Å²) < 4.78 is 29.5. The van der Waals surface area contributed by atoms with Crippen molar-refractivity contribution in [3.63, 3.8) is 0 Å². The zero-order valence-corrected chi connectivity index (χ0v) is 14.9. The molecule has 1 aromatic heterocycles. The molecule has 1 fully saturated rings. The van der Waals surface area contributed by atoms with Crippen molar-refractivity contribution in [1.82, 2.24) is 14.8 Å². The summed E-state index contributed by atoms with van der Waals surface area (Å²) in [6, 6.07) is 8.93. The van der Waals surface area contributed by atoms with E-state index in [-0.39, 0.29) is 35.5 Å². The molecule has 1 aliphatic heterocycles. The van der Waals surface area contributed by atoms with Gasteiger partial charge in [-0.1, -0.05) is 23.7 Å². The molecule has 1 saturated heterocycles. The van der Waals surface area contributed by atoms with Crippen molar-refractivity contribution in [2.75, 3.05) is 26.2 Å². The zero-order valence-electron chi connectivity index (χ0n) is 14.1. The highest BCUT2D eigenvalue weighted by Crippen LogP contribution is 2.23. The molecule has 0 spiro atoms. The lowest BCUT2D eigenvalue weighted by molar-refractivity contribution is -0.0503. The predicted octanol–water partition coefficient (Wildman–Crippen LogP) is 2.93. The van der Waals surface area contributed by atoms with Gasteiger partial charge in [0.05, 0.1) is 5.56 Å². The van der Waals surface area contributed by atoms with Crippen LogP contribution in [-0.4, -0.2) is 59.4 Å². The monoisotopic (exact) mass is 395 g/mol. The molecule has 27 heavy (non-hydrogen) atoms. The van der Waals surface area contributed by atoms with Crippen molar-refractivity contribution in [1.29, 1.82) is 0 Å². The highest BCUT2D eigenvalue weighted by molar-refractivity contribution is 6.29. The van der Waals surface area contributed by atoms with Crippen LogP contribution in [0.25, 0.3) is 0 Å². The van der Waals surface area contributed by atoms with E-state index in [1.807, 2.05) is 0 Å². The van der Waals surface area contributed by atoms with E-state index in [1.54, 1.807) is 17.0 Å². The minimum atomic E-state index is -3.01. The molecule has 0 radical (unpaired) electrons. The number of carbonyl (C=O) groups excluding carboxylic acids is 2. The molecule has 142 valence electrons. The number of para-hydroxylation sites is 1. The number of nitrogens with zero attached hydrogens (tertiary/aromatic N) is 3. The first-order valence-electron chi connectivity index (χ1n) is 8.19. The van der Waals surface area contributed by atoms with Crippen LogP contribution in [-0.2, 0) is 0 Å². The molecule has 3 rings (SSSR count). The number of hydrogen-bond acceptors (Lipinski definition) is 4. The maximum Gasteiger partial charge on any atom is 0.387 e. The Morgan fingerprint density at radius 2 is 1.67 bits per heavy atom. The Morgan fingerprint density at radius 3 is 2.30 bits per heavy atom. The van der Waals surface area contributed by atoms with E-state index in [0.29, 0.717) is 18.7 Å². The van der Waals surface area contributed by atoms with Crippen LogP contribution in [0.2, 0.25) is 5.15 Å². The van der Waals surface area contributed by atoms with E-state index < -0.39 is 12.5 Å². The average Bonchev–Trinajstić information content (AvgIpc) is 2.67. The molecule has 2 aromatic rings. The number of aromatic nitrogens is 1. The van der Waals surface area contributed by atoms with Gasteiger partial charge in [0.15, 0.2) is 0 Å². The van der Waals surface area contributed by atoms with Crippen molar-refractivity contribution < 1.29 is 23.1 Å². The first-order valence-corrected chi connectivity index (χ1v) is 8.57. The van der Waals surface area contributed by atoms with Gasteiger partial charge in [0.1, 0.15) is 10.9 Å². The van der Waals surface area contributed by atoms with Crippen molar-refractivity contribution in [3.8, 4) is 5.75 Å². The van der Waals surface area contributed by atoms with Gasteiger partial charge in [-0.25, -0.2) is 4.98 Å². The summed E-state index contributed by atoms with van der Waals surface area (Å²) in [6.45, 7) is -1.80. The van der Waals surface area contributed by atoms with E-state index >= 15 is 0 Å². The molecule has 0 aliphatic carbocycles. The van der Waals surface area contributed by atoms with Crippen LogP contribution in [0, 0.1) is 0 Å². The quantitative estimate of drug-likeness (QED) is 0.747. The summed E-state index contributed by atoms with van der Waals surface area (Å²) in [4.78, 5) is 32.1. The van der Waals surface area contributed by atoms with Gasteiger partial charge in [-0.2, -0.15) is 8.78 Å². The smallest absolute Gasteiger partial charge is 0.387 e. The Balaban J connectivity index is 1.66. The molecular weight excluding hydrogens is 380 g/mol. The van der Waals surface area contributed by atoms with Crippen molar-refractivity contribution in [3.05, 3.63) is 58.9 Å². The van der Waals surface area contributed by atoms with Crippen molar-refractivity contribution >= 4 is 23.4 Å². The van der Waals surface area contributed by atoms with Crippen LogP contribution < -0.4 is 4.74 Å². The summed E-state index contributed by atoms with van der Waals surface area (Å²) in [5, 5.41) is 0.227. The molecule has 1 aromatic carbocycles. The number of pyridine rings is 1. The third kappa shape index (κ3) is 4.51. The highest BCUT2D eigenvalue weighted by Gasteiger charge is 2.27. The molecule has 0 saturated carbocycles. The van der Waals surface area contributed by atoms with E-state index in [4.69, 9.17) is 11.6 Å². The Bertz CT molecular complexity index is 842. The molecule has 1 aliphatic rings. The molecule has 0 N–H and O–H groups in total. The number of carbonyl (C=O) groups is 2. The normalized spacial score (nSPS) is 14.4. The number of halogens is 3. The maximum atomic E-state index is 12.7. The lowest BCUT2D eigenvalue weighted by Crippen LogP contribution is -2.50. The standard InChI is InChI=1S/C18H16ClF2N3O3/c19-15-11-12(5-6-22-15)16(25)23-7-9-24(10-8-23)17(26)13-3-1-2-4-14(13)27-18(20)21/h1-6,11,18H,7-10H2. The maximum absolute atomic E-state index is 12.7. The topological polar surface area (TPSA) is 62.7 Å². The van der Waals surface area contributed by atoms with Crippen molar-refractivity contribution in [2.24, 2.45) is 0 Å². The molecule has 9 heteroatoms. The lowest BCUT2D eigenvalue weighted by atomic mass is 10.1. The van der Waals surface area contributed by atoms with Gasteiger partial charge in [0.2, 0.25) is 0 Å². The summed E-state index contributed by atoms with van der Waals surface area (Å²) >= 11 is 5.81. The minimum absolute atomic E-state index is 0.0680. The number of hydrogen-bond donors (Lipinski definition) is 0. The van der Waals surface area contributed by atoms with Gasteiger partial charge < -0.3 is 14.5 Å². The second-order valence-corrected chi connectivity index (χ2v) is 6.21. The third-order valence-corrected chi connectivity index (χ3v) is 4.37. The van der Waals surface area contributed by atoms with Crippen LogP contribution in [0.5, 0.6) is 5.75 Å². The Morgan fingerprint density at radius 1 is 1.04 bits per heavy atom. The van der Waals surface area contributed by atoms with E-state index in [9.17, 15) is 18.4 Å². The van der Waals surface area contributed by atoms with Crippen LogP contribution in [0.3, 0.4) is 0 Å². The molecular formula is C18H16ClF2N3O3. The second-order valence-electron chi connectivity index (χ2n) is 5.83. The number of alkyl halides is 2. The predicted molar refractivity (Wildman–Crippen MR) is 94.1 cm³/mol. The van der Waals surface area contributed by atoms with Gasteiger partial charge in [-0.3, -0.25) is 9.59 Å². The molecule has 6 nitrogen and oxygen atoms in total. The summed E-state index contributed by atoms with van der Waals surface area (Å²) in [5.41, 5.74) is 0.490. The van der Waals surface area contributed by atoms with Gasteiger partial charge in [0.25, 0.3) is 11.8 Å². The number of amides is 2. The third-order valence-electron chi connectivity index (χ3n) is 4.16. The van der Waals surface area contributed by atoms with Crippen LogP contribution in [0.1, 0.15) is 20.7 Å². The van der Waals surface area contributed by atoms with Crippen molar-refractivity contribution in [2.45, 2.75) is 6.61 Å². The first kappa shape index (κ1) is 19.0. The number of ether oxygens (including phenoxy) is 1. The molecule has 0 bridgehead atoms. The summed E-state index contributed by atoms with van der Waals surface area (Å²) in [6.07, 6.45) is 1.45. The SMILES string of the molecule is O=C(c1ccnc(Cl)c1)N1CCN(C(=O)c2ccccc2OC(F)F)CC1. The zero-order chi connectivity index (χ0) is 19.4. The van der Waals surface area contributed by atoms with Crippen LogP contribution in [0.4, 0.5) is 8.78 Å². The molecule has 2 heterocycles. The lowest BCUT2D eigenvalue weighted by Gasteiger charge is -2.35. The minimum Gasteiger partial charge on any atom is -0.434 e. The Kier molecular flexibility index (Phi) is 5.85. The Hall–Kier alpha value is -2.74. The summed E-state index contributed by atoms with van der Waals surface area (Å²) in [7, 11) is 0. The summed E-state index contributed by atoms with van der Waals surface area (Å²) in [5.74, 6) is -0.777. The fourth-order valence-electron chi connectivity index (χ4n) is 2.84.